The van der Waals surface area contributed by atoms with E-state index in [1.54, 1.807) is 0 Å². The van der Waals surface area contributed by atoms with Crippen molar-refractivity contribution >= 4 is 22.6 Å². The molecule has 0 nitrogen and oxygen atoms in total. The van der Waals surface area contributed by atoms with Crippen molar-refractivity contribution < 1.29 is 0 Å². The summed E-state index contributed by atoms with van der Waals surface area (Å²) in [5.41, 5.74) is 2.86. The third kappa shape index (κ3) is 3.45. The number of hydrogen-bond acceptors (Lipinski definition) is 0. The Balaban J connectivity index is 2.81. The van der Waals surface area contributed by atoms with Crippen molar-refractivity contribution in [2.45, 2.75) is 33.1 Å². The normalized spacial score (nSPS) is 18.4. The maximum atomic E-state index is 2.39. The molecule has 0 fully saturated rings. The van der Waals surface area contributed by atoms with Crippen LogP contribution in [0.5, 0.6) is 0 Å². The van der Waals surface area contributed by atoms with Gasteiger partial charge in [0.15, 0.2) is 0 Å². The second kappa shape index (κ2) is 6.23. The van der Waals surface area contributed by atoms with Crippen molar-refractivity contribution in [1.29, 1.82) is 0 Å². The summed E-state index contributed by atoms with van der Waals surface area (Å²) in [6.45, 7) is 4.28. The van der Waals surface area contributed by atoms with Gasteiger partial charge in [0.25, 0.3) is 0 Å². The molecule has 0 aromatic rings. The summed E-state index contributed by atoms with van der Waals surface area (Å²) in [4.78, 5) is 0. The van der Waals surface area contributed by atoms with Crippen LogP contribution in [-0.2, 0) is 0 Å². The molecule has 0 radical (unpaired) electrons. The van der Waals surface area contributed by atoms with E-state index in [1.807, 2.05) is 0 Å². The van der Waals surface area contributed by atoms with Crippen LogP contribution >= 0.6 is 22.6 Å². The van der Waals surface area contributed by atoms with Gasteiger partial charge in [-0.1, -0.05) is 31.2 Å². The maximum absolute atomic E-state index is 2.39. The Bertz CT molecular complexity index is 303. The van der Waals surface area contributed by atoms with Gasteiger partial charge in [-0.05, 0) is 66.0 Å². The molecule has 1 rings (SSSR count). The second-order valence-electron chi connectivity index (χ2n) is 3.35. The molecule has 14 heavy (non-hydrogen) atoms. The van der Waals surface area contributed by atoms with Crippen LogP contribution in [0, 0.1) is 0 Å². The maximum Gasteiger partial charge on any atom is 0.00930 e. The van der Waals surface area contributed by atoms with Crippen molar-refractivity contribution in [3.8, 4) is 0 Å². The lowest BCUT2D eigenvalue weighted by Crippen LogP contribution is -1.91. The molecular weight excluding hydrogens is 283 g/mol. The molecule has 0 aromatic carbocycles. The molecule has 0 N–H and O–H groups in total. The highest BCUT2D eigenvalue weighted by Crippen LogP contribution is 2.27. The van der Waals surface area contributed by atoms with E-state index in [2.05, 4.69) is 66.8 Å². The van der Waals surface area contributed by atoms with Crippen molar-refractivity contribution in [3.05, 3.63) is 45.1 Å². The first-order valence-electron chi connectivity index (χ1n) is 5.17. The molecule has 0 aromatic heterocycles. The summed E-state index contributed by atoms with van der Waals surface area (Å²) in [6, 6.07) is 0. The smallest absolute Gasteiger partial charge is 0.00930 e. The number of rotatable bonds is 3. The van der Waals surface area contributed by atoms with Crippen molar-refractivity contribution in [1.82, 2.24) is 0 Å². The molecule has 0 unspecified atom stereocenters. The molecule has 1 heteroatoms. The Morgan fingerprint density at radius 2 is 2.36 bits per heavy atom. The zero-order valence-corrected chi connectivity index (χ0v) is 11.0. The molecule has 0 aliphatic heterocycles. The third-order valence-electron chi connectivity index (χ3n) is 2.28. The number of allylic oxidation sites excluding steroid dienone is 8. The van der Waals surface area contributed by atoms with Crippen LogP contribution in [0.1, 0.15) is 33.1 Å². The minimum absolute atomic E-state index is 1.11. The van der Waals surface area contributed by atoms with Gasteiger partial charge in [0.05, 0.1) is 0 Å². The molecule has 0 atom stereocenters. The fraction of sp³-hybridized carbons (Fsp3) is 0.385. The fourth-order valence-electron chi connectivity index (χ4n) is 1.52. The largest absolute Gasteiger partial charge is 0.0842 e. The molecule has 1 aliphatic carbocycles. The van der Waals surface area contributed by atoms with Gasteiger partial charge in [0.1, 0.15) is 0 Å². The Labute approximate surface area is 101 Å². The van der Waals surface area contributed by atoms with Crippen LogP contribution in [0.2, 0.25) is 0 Å². The Morgan fingerprint density at radius 1 is 1.57 bits per heavy atom. The van der Waals surface area contributed by atoms with Gasteiger partial charge >= 0.3 is 0 Å². The Morgan fingerprint density at radius 3 is 2.93 bits per heavy atom. The fourth-order valence-corrected chi connectivity index (χ4v) is 2.21. The first-order valence-corrected chi connectivity index (χ1v) is 6.25. The van der Waals surface area contributed by atoms with Crippen LogP contribution in [0.15, 0.2) is 45.1 Å². The average Bonchev–Trinajstić information content (AvgIpc) is 2.19. The second-order valence-corrected chi connectivity index (χ2v) is 4.60. The predicted octanol–water partition coefficient (Wildman–Crippen LogP) is 4.94. The average molecular weight is 300 g/mol. The summed E-state index contributed by atoms with van der Waals surface area (Å²) in [5.74, 6) is 0. The molecule has 0 spiro atoms. The molecule has 0 heterocycles. The van der Waals surface area contributed by atoms with Gasteiger partial charge in [-0.3, -0.25) is 0 Å². The summed E-state index contributed by atoms with van der Waals surface area (Å²) < 4.78 is 1.37. The van der Waals surface area contributed by atoms with E-state index in [1.165, 1.54) is 27.6 Å². The molecular formula is C13H17I. The van der Waals surface area contributed by atoms with E-state index in [4.69, 9.17) is 0 Å². The van der Waals surface area contributed by atoms with Crippen LogP contribution in [0.3, 0.4) is 0 Å². The molecule has 76 valence electrons. The number of hydrogen-bond donors (Lipinski definition) is 0. The van der Waals surface area contributed by atoms with Crippen LogP contribution in [0.25, 0.3) is 0 Å². The number of halogens is 1. The summed E-state index contributed by atoms with van der Waals surface area (Å²) in [7, 11) is 0. The zero-order valence-electron chi connectivity index (χ0n) is 8.89. The summed E-state index contributed by atoms with van der Waals surface area (Å²) in [6.07, 6.45) is 14.7. The van der Waals surface area contributed by atoms with Crippen LogP contribution in [0.4, 0.5) is 0 Å². The highest BCUT2D eigenvalue weighted by atomic mass is 127. The first-order chi connectivity index (χ1) is 6.77. The highest BCUT2D eigenvalue weighted by Gasteiger charge is 2.05. The Kier molecular flexibility index (Phi) is 5.23. The van der Waals surface area contributed by atoms with Crippen molar-refractivity contribution in [2.75, 3.05) is 0 Å². The van der Waals surface area contributed by atoms with Gasteiger partial charge < -0.3 is 0 Å². The van der Waals surface area contributed by atoms with Crippen LogP contribution in [-0.4, -0.2) is 0 Å². The van der Waals surface area contributed by atoms with Gasteiger partial charge in [0.2, 0.25) is 0 Å². The lowest BCUT2D eigenvalue weighted by atomic mass is 9.96. The standard InChI is InChI=1S/C13H17I/c1-3-5-7-11(4-2)12-8-6-9-13(14)10-12/h4-5,7,9-10H,3,6,8H2,1-2H3/b7-5-,11-4+. The summed E-state index contributed by atoms with van der Waals surface area (Å²) >= 11 is 2.39. The van der Waals surface area contributed by atoms with Gasteiger partial charge in [-0.25, -0.2) is 0 Å². The highest BCUT2D eigenvalue weighted by molar-refractivity contribution is 14.1. The lowest BCUT2D eigenvalue weighted by molar-refractivity contribution is 0.974. The van der Waals surface area contributed by atoms with Gasteiger partial charge in [-0.15, -0.1) is 0 Å². The molecule has 0 saturated carbocycles. The van der Waals surface area contributed by atoms with E-state index < -0.39 is 0 Å². The lowest BCUT2D eigenvalue weighted by Gasteiger charge is -2.11. The quantitative estimate of drug-likeness (QED) is 0.511. The van der Waals surface area contributed by atoms with Crippen LogP contribution < -0.4 is 0 Å². The van der Waals surface area contributed by atoms with E-state index in [0.29, 0.717) is 0 Å². The van der Waals surface area contributed by atoms with E-state index >= 15 is 0 Å². The Hall–Kier alpha value is -0.310. The predicted molar refractivity (Wildman–Crippen MR) is 72.6 cm³/mol. The third-order valence-corrected chi connectivity index (χ3v) is 3.03. The van der Waals surface area contributed by atoms with E-state index in [0.717, 1.165) is 6.42 Å². The van der Waals surface area contributed by atoms with E-state index in [-0.39, 0.29) is 0 Å². The molecule has 0 amide bonds. The zero-order chi connectivity index (χ0) is 10.4. The van der Waals surface area contributed by atoms with Crippen molar-refractivity contribution in [2.24, 2.45) is 0 Å². The topological polar surface area (TPSA) is 0 Å². The van der Waals surface area contributed by atoms with Crippen molar-refractivity contribution in [3.63, 3.8) is 0 Å². The minimum atomic E-state index is 1.11. The molecule has 0 bridgehead atoms. The SMILES string of the molecule is C/C=C(\C=C/CC)C1=CC(I)=CCC1. The van der Waals surface area contributed by atoms with Gasteiger partial charge in [-0.2, -0.15) is 0 Å². The molecule has 0 saturated heterocycles. The minimum Gasteiger partial charge on any atom is -0.0842 e. The van der Waals surface area contributed by atoms with Gasteiger partial charge in [0, 0.05) is 3.58 Å². The first kappa shape index (κ1) is 11.8. The van der Waals surface area contributed by atoms with E-state index in [9.17, 15) is 0 Å². The molecule has 1 aliphatic rings. The monoisotopic (exact) mass is 300 g/mol. The summed E-state index contributed by atoms with van der Waals surface area (Å²) in [5, 5.41) is 0.